The molecule has 0 radical (unpaired) electrons. The zero-order valence-electron chi connectivity index (χ0n) is 23.7. The second-order valence-corrected chi connectivity index (χ2v) is 12.2. The lowest BCUT2D eigenvalue weighted by Gasteiger charge is -2.22. The highest BCUT2D eigenvalue weighted by molar-refractivity contribution is 7.89. The maximum Gasteiger partial charge on any atom is 0.243 e. The Morgan fingerprint density at radius 3 is 2.42 bits per heavy atom. The lowest BCUT2D eigenvalue weighted by Crippen LogP contribution is -2.40. The Bertz CT molecular complexity index is 1390. The number of aromatic nitrogens is 2. The number of rotatable bonds is 11. The first-order valence-electron chi connectivity index (χ1n) is 13.6. The summed E-state index contributed by atoms with van der Waals surface area (Å²) in [5.74, 6) is 1.19. The van der Waals surface area contributed by atoms with Crippen molar-refractivity contribution in [3.8, 4) is 17.2 Å². The minimum atomic E-state index is -3.71. The fraction of sp³-hybridized carbons (Fsp3) is 0.448. The summed E-state index contributed by atoms with van der Waals surface area (Å²) in [6.07, 6.45) is 1.51. The van der Waals surface area contributed by atoms with Gasteiger partial charge < -0.3 is 14.8 Å². The molecule has 1 N–H and O–H groups in total. The first kappa shape index (κ1) is 29.6. The summed E-state index contributed by atoms with van der Waals surface area (Å²) in [6, 6.07) is 16.6. The molecule has 1 fully saturated rings. The van der Waals surface area contributed by atoms with Crippen LogP contribution in [0.1, 0.15) is 31.7 Å². The summed E-state index contributed by atoms with van der Waals surface area (Å²) >= 11 is 0. The van der Waals surface area contributed by atoms with Crippen LogP contribution in [-0.2, 0) is 27.8 Å². The average Bonchev–Trinajstić information content (AvgIpc) is 3.19. The molecule has 1 aliphatic heterocycles. The predicted octanol–water partition coefficient (Wildman–Crippen LogP) is 3.10. The van der Waals surface area contributed by atoms with E-state index in [2.05, 4.69) is 25.2 Å². The van der Waals surface area contributed by atoms with Crippen molar-refractivity contribution in [2.24, 2.45) is 5.92 Å². The standard InChI is InChI=1S/C29H39N5O5S/c1-22(2)17-25-18-23(31-34(25)24-9-6-5-7-10-24)20-30-29(35)21-32-13-8-14-33(16-15-32)40(36,37)26-11-12-27(38-3)28(19-26)39-4/h5-7,9-12,18-19,22H,8,13-17,20-21H2,1-4H3,(H,30,35). The highest BCUT2D eigenvalue weighted by atomic mass is 32.2. The number of ether oxygens (including phenoxy) is 2. The number of hydrogen-bond acceptors (Lipinski definition) is 7. The molecule has 3 aromatic rings. The van der Waals surface area contributed by atoms with Crippen molar-refractivity contribution >= 4 is 15.9 Å². The molecule has 0 bridgehead atoms. The van der Waals surface area contributed by atoms with Crippen molar-refractivity contribution in [2.75, 3.05) is 46.9 Å². The van der Waals surface area contributed by atoms with Gasteiger partial charge in [0.2, 0.25) is 15.9 Å². The minimum Gasteiger partial charge on any atom is -0.493 e. The Labute approximate surface area is 236 Å². The molecular formula is C29H39N5O5S. The van der Waals surface area contributed by atoms with E-state index in [0.717, 1.165) is 23.5 Å². The smallest absolute Gasteiger partial charge is 0.243 e. The van der Waals surface area contributed by atoms with Gasteiger partial charge in [-0.1, -0.05) is 32.0 Å². The Morgan fingerprint density at radius 2 is 1.73 bits per heavy atom. The SMILES string of the molecule is COc1ccc(S(=O)(=O)N2CCCN(CC(=O)NCc3cc(CC(C)C)n(-c4ccccc4)n3)CC2)cc1OC. The molecule has 2 heterocycles. The Hall–Kier alpha value is -3.41. The Morgan fingerprint density at radius 1 is 0.975 bits per heavy atom. The van der Waals surface area contributed by atoms with Gasteiger partial charge in [-0.25, -0.2) is 13.1 Å². The third-order valence-corrected chi connectivity index (χ3v) is 8.72. The van der Waals surface area contributed by atoms with Crippen LogP contribution >= 0.6 is 0 Å². The molecule has 11 heteroatoms. The molecule has 2 aromatic carbocycles. The van der Waals surface area contributed by atoms with E-state index in [1.165, 1.54) is 30.7 Å². The van der Waals surface area contributed by atoms with Crippen LogP contribution in [-0.4, -0.2) is 80.3 Å². The Kier molecular flexibility index (Phi) is 9.83. The van der Waals surface area contributed by atoms with Gasteiger partial charge in [0.25, 0.3) is 0 Å². The van der Waals surface area contributed by atoms with E-state index in [1.807, 2.05) is 39.9 Å². The van der Waals surface area contributed by atoms with Crippen LogP contribution in [0.4, 0.5) is 0 Å². The van der Waals surface area contributed by atoms with Crippen molar-refractivity contribution in [2.45, 2.75) is 38.1 Å². The van der Waals surface area contributed by atoms with E-state index in [1.54, 1.807) is 6.07 Å². The van der Waals surface area contributed by atoms with E-state index < -0.39 is 10.0 Å². The molecule has 216 valence electrons. The van der Waals surface area contributed by atoms with Gasteiger partial charge in [0.05, 0.1) is 43.6 Å². The molecule has 10 nitrogen and oxygen atoms in total. The number of amides is 1. The highest BCUT2D eigenvalue weighted by Crippen LogP contribution is 2.31. The average molecular weight is 570 g/mol. The first-order valence-corrected chi connectivity index (χ1v) is 15.0. The largest absolute Gasteiger partial charge is 0.493 e. The second kappa shape index (κ2) is 13.3. The number of benzene rings is 2. The van der Waals surface area contributed by atoms with Gasteiger partial charge >= 0.3 is 0 Å². The number of carbonyl (C=O) groups is 1. The molecule has 0 unspecified atom stereocenters. The summed E-state index contributed by atoms with van der Waals surface area (Å²) in [6.45, 7) is 6.64. The van der Waals surface area contributed by atoms with Crippen LogP contribution in [0.3, 0.4) is 0 Å². The molecule has 1 saturated heterocycles. The maximum absolute atomic E-state index is 13.3. The number of carbonyl (C=O) groups excluding carboxylic acids is 1. The molecule has 1 aliphatic rings. The number of hydrogen-bond donors (Lipinski definition) is 1. The number of sulfonamides is 1. The fourth-order valence-corrected chi connectivity index (χ4v) is 6.32. The minimum absolute atomic E-state index is 0.115. The van der Waals surface area contributed by atoms with E-state index in [-0.39, 0.29) is 17.3 Å². The van der Waals surface area contributed by atoms with E-state index in [0.29, 0.717) is 56.6 Å². The fourth-order valence-electron chi connectivity index (χ4n) is 4.84. The molecule has 40 heavy (non-hydrogen) atoms. The van der Waals surface area contributed by atoms with E-state index >= 15 is 0 Å². The lowest BCUT2D eigenvalue weighted by atomic mass is 10.1. The molecule has 4 rings (SSSR count). The third kappa shape index (κ3) is 7.21. The summed E-state index contributed by atoms with van der Waals surface area (Å²) in [5.41, 5.74) is 2.90. The summed E-state index contributed by atoms with van der Waals surface area (Å²) in [4.78, 5) is 15.0. The van der Waals surface area contributed by atoms with E-state index in [9.17, 15) is 13.2 Å². The third-order valence-electron chi connectivity index (χ3n) is 6.83. The topological polar surface area (TPSA) is 106 Å². The molecule has 0 saturated carbocycles. The molecule has 1 amide bonds. The number of para-hydroxylation sites is 1. The molecule has 0 atom stereocenters. The van der Waals surface area contributed by atoms with Crippen LogP contribution in [0.5, 0.6) is 11.5 Å². The second-order valence-electron chi connectivity index (χ2n) is 10.3. The van der Waals surface area contributed by atoms with Gasteiger partial charge in [-0.15, -0.1) is 0 Å². The van der Waals surface area contributed by atoms with Gasteiger partial charge in [0.1, 0.15) is 0 Å². The summed E-state index contributed by atoms with van der Waals surface area (Å²) in [7, 11) is -0.733. The molecule has 0 aliphatic carbocycles. The van der Waals surface area contributed by atoms with Crippen molar-refractivity contribution in [1.29, 1.82) is 0 Å². The van der Waals surface area contributed by atoms with Crippen molar-refractivity contribution in [1.82, 2.24) is 24.3 Å². The van der Waals surface area contributed by atoms with Crippen LogP contribution in [0, 0.1) is 5.92 Å². The van der Waals surface area contributed by atoms with Crippen molar-refractivity contribution < 1.29 is 22.7 Å². The summed E-state index contributed by atoms with van der Waals surface area (Å²) < 4.78 is 40.6. The van der Waals surface area contributed by atoms with Crippen LogP contribution in [0.25, 0.3) is 5.69 Å². The zero-order chi connectivity index (χ0) is 28.7. The quantitative estimate of drug-likeness (QED) is 0.378. The predicted molar refractivity (Wildman–Crippen MR) is 153 cm³/mol. The molecule has 1 aromatic heterocycles. The van der Waals surface area contributed by atoms with Gasteiger partial charge in [-0.05, 0) is 55.6 Å². The molecular weight excluding hydrogens is 530 g/mol. The zero-order valence-corrected chi connectivity index (χ0v) is 24.5. The maximum atomic E-state index is 13.3. The molecule has 0 spiro atoms. The van der Waals surface area contributed by atoms with Crippen LogP contribution < -0.4 is 14.8 Å². The summed E-state index contributed by atoms with van der Waals surface area (Å²) in [5, 5.41) is 7.74. The Balaban J connectivity index is 1.34. The van der Waals surface area contributed by atoms with Gasteiger partial charge in [-0.2, -0.15) is 9.40 Å². The van der Waals surface area contributed by atoms with Crippen molar-refractivity contribution in [3.05, 3.63) is 66.0 Å². The van der Waals surface area contributed by atoms with Gasteiger partial charge in [0.15, 0.2) is 11.5 Å². The van der Waals surface area contributed by atoms with Crippen LogP contribution in [0.2, 0.25) is 0 Å². The highest BCUT2D eigenvalue weighted by Gasteiger charge is 2.28. The first-order chi connectivity index (χ1) is 19.2. The van der Waals surface area contributed by atoms with Crippen molar-refractivity contribution in [3.63, 3.8) is 0 Å². The van der Waals surface area contributed by atoms with Gasteiger partial charge in [0, 0.05) is 31.4 Å². The number of methoxy groups -OCH3 is 2. The van der Waals surface area contributed by atoms with Crippen LogP contribution in [0.15, 0.2) is 59.5 Å². The monoisotopic (exact) mass is 569 g/mol. The van der Waals surface area contributed by atoms with Gasteiger partial charge in [-0.3, -0.25) is 9.69 Å². The van der Waals surface area contributed by atoms with E-state index in [4.69, 9.17) is 14.6 Å². The lowest BCUT2D eigenvalue weighted by molar-refractivity contribution is -0.122. The number of nitrogens with one attached hydrogen (secondary N) is 1. The normalized spacial score (nSPS) is 15.1. The number of nitrogens with zero attached hydrogens (tertiary/aromatic N) is 4.